The lowest BCUT2D eigenvalue weighted by Crippen LogP contribution is -2.29. The zero-order valence-corrected chi connectivity index (χ0v) is 14.8. The summed E-state index contributed by atoms with van der Waals surface area (Å²) in [6.07, 6.45) is 3.73. The number of rotatable bonds is 5. The van der Waals surface area contributed by atoms with Gasteiger partial charge in [0.15, 0.2) is 5.13 Å². The number of carbonyl (C=O) groups is 1. The van der Waals surface area contributed by atoms with Crippen molar-refractivity contribution in [3.05, 3.63) is 50.5 Å². The quantitative estimate of drug-likeness (QED) is 0.650. The fourth-order valence-corrected chi connectivity index (χ4v) is 3.60. The topological polar surface area (TPSA) is 88.4 Å². The van der Waals surface area contributed by atoms with Crippen molar-refractivity contribution in [3.63, 3.8) is 0 Å². The predicted molar refractivity (Wildman–Crippen MR) is 97.0 cm³/mol. The molecule has 1 fully saturated rings. The molecular formula is C17H20N4O3S. The Labute approximate surface area is 149 Å². The van der Waals surface area contributed by atoms with Gasteiger partial charge in [-0.3, -0.25) is 25.1 Å². The number of carbonyl (C=O) groups excluding carboxylic acids is 1. The Kier molecular flexibility index (Phi) is 5.40. The monoisotopic (exact) mass is 360 g/mol. The lowest BCUT2D eigenvalue weighted by atomic mass is 10.1. The van der Waals surface area contributed by atoms with Gasteiger partial charge < -0.3 is 0 Å². The second kappa shape index (κ2) is 7.71. The minimum atomic E-state index is -0.480. The molecule has 1 aromatic carbocycles. The zero-order chi connectivity index (χ0) is 17.8. The molecule has 0 aliphatic carbocycles. The molecule has 3 rings (SSSR count). The van der Waals surface area contributed by atoms with E-state index in [1.807, 2.05) is 5.38 Å². The van der Waals surface area contributed by atoms with Gasteiger partial charge in [0.05, 0.1) is 10.6 Å². The number of hydrogen-bond donors (Lipinski definition) is 1. The Morgan fingerprint density at radius 3 is 2.84 bits per heavy atom. The average molecular weight is 360 g/mol. The number of benzene rings is 1. The van der Waals surface area contributed by atoms with E-state index in [1.54, 1.807) is 19.1 Å². The molecule has 0 bridgehead atoms. The van der Waals surface area contributed by atoms with Crippen molar-refractivity contribution in [2.75, 3.05) is 18.4 Å². The standard InChI is InChI=1S/C17H20N4O3S/c1-12-5-6-13(9-15(12)21(23)24)16(22)19-17-18-14(11-25-17)10-20-7-3-2-4-8-20/h5-6,9,11H,2-4,7-8,10H2,1H3,(H,18,19,22). The van der Waals surface area contributed by atoms with Crippen LogP contribution in [0.3, 0.4) is 0 Å². The number of anilines is 1. The normalized spacial score (nSPS) is 15.1. The molecule has 1 aromatic heterocycles. The Morgan fingerprint density at radius 1 is 1.36 bits per heavy atom. The van der Waals surface area contributed by atoms with E-state index >= 15 is 0 Å². The van der Waals surface area contributed by atoms with Gasteiger partial charge in [-0.05, 0) is 38.9 Å². The number of aromatic nitrogens is 1. The molecule has 0 atom stereocenters. The maximum atomic E-state index is 12.3. The van der Waals surface area contributed by atoms with Crippen LogP contribution in [0, 0.1) is 17.0 Å². The highest BCUT2D eigenvalue weighted by molar-refractivity contribution is 7.13. The van der Waals surface area contributed by atoms with E-state index in [4.69, 9.17) is 0 Å². The largest absolute Gasteiger partial charge is 0.298 e. The Balaban J connectivity index is 1.65. The molecular weight excluding hydrogens is 340 g/mol. The number of nitro benzene ring substituents is 1. The van der Waals surface area contributed by atoms with Gasteiger partial charge in [0.2, 0.25) is 0 Å². The minimum Gasteiger partial charge on any atom is -0.298 e. The molecule has 2 heterocycles. The van der Waals surface area contributed by atoms with Crippen LogP contribution in [0.4, 0.5) is 10.8 Å². The van der Waals surface area contributed by atoms with Gasteiger partial charge in [-0.1, -0.05) is 12.5 Å². The van der Waals surface area contributed by atoms with Crippen molar-refractivity contribution < 1.29 is 9.72 Å². The summed E-state index contributed by atoms with van der Waals surface area (Å²) >= 11 is 1.37. The van der Waals surface area contributed by atoms with Gasteiger partial charge in [-0.15, -0.1) is 11.3 Å². The third kappa shape index (κ3) is 4.40. The minimum absolute atomic E-state index is 0.0578. The average Bonchev–Trinajstić information content (AvgIpc) is 3.02. The maximum Gasteiger partial charge on any atom is 0.273 e. The molecule has 0 radical (unpaired) electrons. The highest BCUT2D eigenvalue weighted by Crippen LogP contribution is 2.22. The molecule has 0 saturated carbocycles. The van der Waals surface area contributed by atoms with E-state index in [-0.39, 0.29) is 17.2 Å². The van der Waals surface area contributed by atoms with Gasteiger partial charge in [0.1, 0.15) is 0 Å². The van der Waals surface area contributed by atoms with Crippen LogP contribution in [-0.2, 0) is 6.54 Å². The summed E-state index contributed by atoms with van der Waals surface area (Å²) in [5.74, 6) is -0.387. The molecule has 2 aromatic rings. The second-order valence-electron chi connectivity index (χ2n) is 6.19. The summed E-state index contributed by atoms with van der Waals surface area (Å²) in [4.78, 5) is 29.7. The molecule has 8 heteroatoms. The Bertz CT molecular complexity index is 784. The lowest BCUT2D eigenvalue weighted by Gasteiger charge is -2.25. The highest BCUT2D eigenvalue weighted by Gasteiger charge is 2.17. The number of piperidine rings is 1. The third-order valence-electron chi connectivity index (χ3n) is 4.27. The van der Waals surface area contributed by atoms with Gasteiger partial charge in [0, 0.05) is 29.1 Å². The van der Waals surface area contributed by atoms with Crippen molar-refractivity contribution in [3.8, 4) is 0 Å². The van der Waals surface area contributed by atoms with Crippen molar-refractivity contribution >= 4 is 28.1 Å². The van der Waals surface area contributed by atoms with E-state index < -0.39 is 4.92 Å². The van der Waals surface area contributed by atoms with E-state index in [0.29, 0.717) is 10.7 Å². The molecule has 25 heavy (non-hydrogen) atoms. The molecule has 1 N–H and O–H groups in total. The van der Waals surface area contributed by atoms with E-state index in [0.717, 1.165) is 25.3 Å². The fraction of sp³-hybridized carbons (Fsp3) is 0.412. The SMILES string of the molecule is Cc1ccc(C(=O)Nc2nc(CN3CCCCC3)cs2)cc1[N+](=O)[O-]. The summed E-state index contributed by atoms with van der Waals surface area (Å²) in [5.41, 5.74) is 1.67. The molecule has 1 aliphatic heterocycles. The van der Waals surface area contributed by atoms with Crippen LogP contribution in [0.5, 0.6) is 0 Å². The third-order valence-corrected chi connectivity index (χ3v) is 5.08. The maximum absolute atomic E-state index is 12.3. The molecule has 0 spiro atoms. The van der Waals surface area contributed by atoms with Crippen molar-refractivity contribution in [1.82, 2.24) is 9.88 Å². The number of hydrogen-bond acceptors (Lipinski definition) is 6. The predicted octanol–water partition coefficient (Wildman–Crippen LogP) is 3.60. The van der Waals surface area contributed by atoms with Crippen molar-refractivity contribution in [2.24, 2.45) is 0 Å². The Hall–Kier alpha value is -2.32. The number of amides is 1. The number of thiazole rings is 1. The summed E-state index contributed by atoms with van der Waals surface area (Å²) in [6, 6.07) is 4.46. The first-order valence-electron chi connectivity index (χ1n) is 8.26. The van der Waals surface area contributed by atoms with Gasteiger partial charge in [-0.2, -0.15) is 0 Å². The van der Waals surface area contributed by atoms with Gasteiger partial charge >= 0.3 is 0 Å². The van der Waals surface area contributed by atoms with E-state index in [2.05, 4.69) is 15.2 Å². The second-order valence-corrected chi connectivity index (χ2v) is 7.05. The summed E-state index contributed by atoms with van der Waals surface area (Å²) in [5, 5.41) is 16.2. The first-order valence-corrected chi connectivity index (χ1v) is 9.14. The smallest absolute Gasteiger partial charge is 0.273 e. The molecule has 0 unspecified atom stereocenters. The number of nitrogens with zero attached hydrogens (tertiary/aromatic N) is 3. The van der Waals surface area contributed by atoms with Crippen LogP contribution in [-0.4, -0.2) is 33.8 Å². The summed E-state index contributed by atoms with van der Waals surface area (Å²) in [6.45, 7) is 4.62. The molecule has 132 valence electrons. The van der Waals surface area contributed by atoms with Gasteiger partial charge in [-0.25, -0.2) is 4.98 Å². The number of aryl methyl sites for hydroxylation is 1. The van der Waals surface area contributed by atoms with Gasteiger partial charge in [0.25, 0.3) is 11.6 Å². The van der Waals surface area contributed by atoms with E-state index in [1.165, 1.54) is 36.7 Å². The van der Waals surface area contributed by atoms with Crippen molar-refractivity contribution in [1.29, 1.82) is 0 Å². The molecule has 1 amide bonds. The molecule has 7 nitrogen and oxygen atoms in total. The van der Waals surface area contributed by atoms with Crippen LogP contribution in [0.25, 0.3) is 0 Å². The molecule has 1 saturated heterocycles. The molecule has 1 aliphatic rings. The van der Waals surface area contributed by atoms with Crippen LogP contribution in [0.15, 0.2) is 23.6 Å². The number of nitrogens with one attached hydrogen (secondary N) is 1. The lowest BCUT2D eigenvalue weighted by molar-refractivity contribution is -0.385. The van der Waals surface area contributed by atoms with Crippen LogP contribution in [0.2, 0.25) is 0 Å². The first-order chi connectivity index (χ1) is 12.0. The van der Waals surface area contributed by atoms with Crippen LogP contribution >= 0.6 is 11.3 Å². The fourth-order valence-electron chi connectivity index (χ4n) is 2.90. The summed E-state index contributed by atoms with van der Waals surface area (Å²) in [7, 11) is 0. The number of nitro groups is 1. The number of likely N-dealkylation sites (tertiary alicyclic amines) is 1. The van der Waals surface area contributed by atoms with Crippen LogP contribution in [0.1, 0.15) is 40.9 Å². The Morgan fingerprint density at radius 2 is 2.12 bits per heavy atom. The van der Waals surface area contributed by atoms with Crippen LogP contribution < -0.4 is 5.32 Å². The van der Waals surface area contributed by atoms with Crippen molar-refractivity contribution in [2.45, 2.75) is 32.7 Å². The van der Waals surface area contributed by atoms with E-state index in [9.17, 15) is 14.9 Å². The summed E-state index contributed by atoms with van der Waals surface area (Å²) < 4.78 is 0. The first kappa shape index (κ1) is 17.5. The highest BCUT2D eigenvalue weighted by atomic mass is 32.1. The zero-order valence-electron chi connectivity index (χ0n) is 14.0.